The molecule has 1 amide bonds. The lowest BCUT2D eigenvalue weighted by atomic mass is 10.1. The number of nitrogens with zero attached hydrogens (tertiary/aromatic N) is 2. The zero-order chi connectivity index (χ0) is 23.1. The van der Waals surface area contributed by atoms with Crippen LogP contribution in [0, 0.1) is 17.2 Å². The summed E-state index contributed by atoms with van der Waals surface area (Å²) in [6.07, 6.45) is 2.12. The number of amides is 1. The minimum absolute atomic E-state index is 0.0194. The molecule has 8 nitrogen and oxygen atoms in total. The summed E-state index contributed by atoms with van der Waals surface area (Å²) in [7, 11) is -0.598. The van der Waals surface area contributed by atoms with Crippen LogP contribution in [0.3, 0.4) is 0 Å². The summed E-state index contributed by atoms with van der Waals surface area (Å²) in [5.74, 6) is 0.624. The van der Waals surface area contributed by atoms with Gasteiger partial charge in [0.1, 0.15) is 23.1 Å². The van der Waals surface area contributed by atoms with Gasteiger partial charge >= 0.3 is 0 Å². The lowest BCUT2D eigenvalue weighted by molar-refractivity contribution is -0.117. The number of sulfonamides is 1. The van der Waals surface area contributed by atoms with Gasteiger partial charge in [-0.1, -0.05) is 18.2 Å². The molecule has 1 N–H and O–H groups in total. The van der Waals surface area contributed by atoms with Gasteiger partial charge < -0.3 is 14.8 Å². The highest BCUT2D eigenvalue weighted by Gasteiger charge is 2.33. The first-order valence-corrected chi connectivity index (χ1v) is 11.5. The SMILES string of the molecule is COc1ccc(/C=C(\C#N)C(=O)NC[C@H]2CCN(S(=O)(=O)c3cccc(OC)c3)C2)cc1. The van der Waals surface area contributed by atoms with Crippen molar-refractivity contribution >= 4 is 22.0 Å². The molecule has 1 fully saturated rings. The summed E-state index contributed by atoms with van der Waals surface area (Å²) in [5.41, 5.74) is 0.683. The highest BCUT2D eigenvalue weighted by atomic mass is 32.2. The molecule has 168 valence electrons. The maximum Gasteiger partial charge on any atom is 0.261 e. The first-order valence-electron chi connectivity index (χ1n) is 10.1. The molecule has 1 aliphatic rings. The monoisotopic (exact) mass is 455 g/mol. The van der Waals surface area contributed by atoms with Crippen LogP contribution in [0.25, 0.3) is 6.08 Å². The van der Waals surface area contributed by atoms with E-state index in [4.69, 9.17) is 9.47 Å². The molecule has 1 heterocycles. The Morgan fingerprint density at radius 1 is 1.19 bits per heavy atom. The maximum atomic E-state index is 12.9. The predicted octanol–water partition coefficient (Wildman–Crippen LogP) is 2.44. The smallest absolute Gasteiger partial charge is 0.261 e. The minimum atomic E-state index is -3.64. The summed E-state index contributed by atoms with van der Waals surface area (Å²) in [6, 6.07) is 15.3. The van der Waals surface area contributed by atoms with Gasteiger partial charge in [-0.25, -0.2) is 8.42 Å². The van der Waals surface area contributed by atoms with Gasteiger partial charge in [0, 0.05) is 25.7 Å². The van der Waals surface area contributed by atoms with E-state index in [1.54, 1.807) is 43.5 Å². The minimum Gasteiger partial charge on any atom is -0.497 e. The van der Waals surface area contributed by atoms with Crippen molar-refractivity contribution in [2.24, 2.45) is 5.92 Å². The first kappa shape index (κ1) is 23.3. The van der Waals surface area contributed by atoms with Crippen molar-refractivity contribution in [1.29, 1.82) is 5.26 Å². The molecular formula is C23H25N3O5S. The van der Waals surface area contributed by atoms with Crippen molar-refractivity contribution in [2.75, 3.05) is 33.9 Å². The second kappa shape index (κ2) is 10.3. The number of hydrogen-bond acceptors (Lipinski definition) is 6. The molecule has 1 atom stereocenters. The van der Waals surface area contributed by atoms with Crippen molar-refractivity contribution in [3.05, 3.63) is 59.7 Å². The number of methoxy groups -OCH3 is 2. The van der Waals surface area contributed by atoms with E-state index < -0.39 is 15.9 Å². The quantitative estimate of drug-likeness (QED) is 0.484. The van der Waals surface area contributed by atoms with Crippen LogP contribution in [0.2, 0.25) is 0 Å². The molecule has 2 aromatic carbocycles. The lowest BCUT2D eigenvalue weighted by Gasteiger charge is -2.17. The number of nitriles is 1. The summed E-state index contributed by atoms with van der Waals surface area (Å²) in [6.45, 7) is 0.946. The van der Waals surface area contributed by atoms with Crippen molar-refractivity contribution in [3.8, 4) is 17.6 Å². The molecule has 0 bridgehead atoms. The molecule has 0 saturated carbocycles. The number of rotatable bonds is 8. The number of benzene rings is 2. The Bertz CT molecular complexity index is 1140. The molecule has 0 spiro atoms. The van der Waals surface area contributed by atoms with E-state index in [0.29, 0.717) is 36.6 Å². The standard InChI is InChI=1S/C23H25N3O5S/c1-30-20-8-6-17(7-9-20)12-19(14-24)23(27)25-15-18-10-11-26(16-18)32(28,29)22-5-3-4-21(13-22)31-2/h3-9,12-13,18H,10-11,15-16H2,1-2H3,(H,25,27)/b19-12+/t18-/m1/s1. The molecule has 2 aromatic rings. The van der Waals surface area contributed by atoms with Crippen molar-refractivity contribution in [2.45, 2.75) is 11.3 Å². The zero-order valence-electron chi connectivity index (χ0n) is 17.9. The van der Waals surface area contributed by atoms with Gasteiger partial charge in [-0.05, 0) is 48.2 Å². The van der Waals surface area contributed by atoms with Crippen LogP contribution < -0.4 is 14.8 Å². The fourth-order valence-corrected chi connectivity index (χ4v) is 5.01. The fraction of sp³-hybridized carbons (Fsp3) is 0.304. The number of nitrogens with one attached hydrogen (secondary N) is 1. The Morgan fingerprint density at radius 2 is 1.91 bits per heavy atom. The van der Waals surface area contributed by atoms with Crippen LogP contribution in [0.5, 0.6) is 11.5 Å². The normalized spacial score (nSPS) is 16.9. The van der Waals surface area contributed by atoms with E-state index in [9.17, 15) is 18.5 Å². The highest BCUT2D eigenvalue weighted by molar-refractivity contribution is 7.89. The molecule has 9 heteroatoms. The highest BCUT2D eigenvalue weighted by Crippen LogP contribution is 2.26. The second-order valence-corrected chi connectivity index (χ2v) is 9.29. The van der Waals surface area contributed by atoms with Crippen molar-refractivity contribution in [3.63, 3.8) is 0 Å². The molecular weight excluding hydrogens is 430 g/mol. The van der Waals surface area contributed by atoms with E-state index in [1.165, 1.54) is 29.6 Å². The molecule has 0 unspecified atom stereocenters. The van der Waals surface area contributed by atoms with Gasteiger partial charge in [0.05, 0.1) is 19.1 Å². The Labute approximate surface area is 188 Å². The Morgan fingerprint density at radius 3 is 2.56 bits per heavy atom. The maximum absolute atomic E-state index is 12.9. The molecule has 1 aliphatic heterocycles. The first-order chi connectivity index (χ1) is 15.4. The molecule has 32 heavy (non-hydrogen) atoms. The van der Waals surface area contributed by atoms with Crippen LogP contribution in [-0.4, -0.2) is 52.5 Å². The average Bonchev–Trinajstić information content (AvgIpc) is 3.31. The Kier molecular flexibility index (Phi) is 7.51. The molecule has 1 saturated heterocycles. The van der Waals surface area contributed by atoms with E-state index >= 15 is 0 Å². The van der Waals surface area contributed by atoms with Gasteiger partial charge in [-0.15, -0.1) is 0 Å². The van der Waals surface area contributed by atoms with Crippen LogP contribution in [0.1, 0.15) is 12.0 Å². The third kappa shape index (κ3) is 5.46. The number of carbonyl (C=O) groups is 1. The van der Waals surface area contributed by atoms with Gasteiger partial charge in [0.25, 0.3) is 5.91 Å². The molecule has 3 rings (SSSR count). The fourth-order valence-electron chi connectivity index (χ4n) is 3.44. The molecule has 0 aliphatic carbocycles. The third-order valence-electron chi connectivity index (χ3n) is 5.27. The van der Waals surface area contributed by atoms with Crippen LogP contribution in [0.15, 0.2) is 59.0 Å². The van der Waals surface area contributed by atoms with Crippen LogP contribution in [-0.2, 0) is 14.8 Å². The predicted molar refractivity (Wildman–Crippen MR) is 119 cm³/mol. The van der Waals surface area contributed by atoms with Crippen LogP contribution >= 0.6 is 0 Å². The number of ether oxygens (including phenoxy) is 2. The number of hydrogen-bond donors (Lipinski definition) is 1. The van der Waals surface area contributed by atoms with Crippen molar-refractivity contribution < 1.29 is 22.7 Å². The van der Waals surface area contributed by atoms with E-state index in [0.717, 1.165) is 0 Å². The number of carbonyl (C=O) groups excluding carboxylic acids is 1. The largest absolute Gasteiger partial charge is 0.497 e. The second-order valence-electron chi connectivity index (χ2n) is 7.35. The average molecular weight is 456 g/mol. The van der Waals surface area contributed by atoms with E-state index in [2.05, 4.69) is 5.32 Å². The van der Waals surface area contributed by atoms with Crippen LogP contribution in [0.4, 0.5) is 0 Å². The van der Waals surface area contributed by atoms with Crippen molar-refractivity contribution in [1.82, 2.24) is 9.62 Å². The summed E-state index contributed by atoms with van der Waals surface area (Å²) in [5, 5.41) is 12.1. The summed E-state index contributed by atoms with van der Waals surface area (Å²) < 4.78 is 37.5. The summed E-state index contributed by atoms with van der Waals surface area (Å²) >= 11 is 0. The molecule has 0 radical (unpaired) electrons. The lowest BCUT2D eigenvalue weighted by Crippen LogP contribution is -2.33. The zero-order valence-corrected chi connectivity index (χ0v) is 18.8. The van der Waals surface area contributed by atoms with Gasteiger partial charge in [0.15, 0.2) is 0 Å². The van der Waals surface area contributed by atoms with Gasteiger partial charge in [0.2, 0.25) is 10.0 Å². The van der Waals surface area contributed by atoms with E-state index in [-0.39, 0.29) is 22.9 Å². The van der Waals surface area contributed by atoms with E-state index in [1.807, 2.05) is 6.07 Å². The van der Waals surface area contributed by atoms with Gasteiger partial charge in [-0.3, -0.25) is 4.79 Å². The third-order valence-corrected chi connectivity index (χ3v) is 7.13. The molecule has 0 aromatic heterocycles. The topological polar surface area (TPSA) is 109 Å². The van der Waals surface area contributed by atoms with Gasteiger partial charge in [-0.2, -0.15) is 9.57 Å². The summed E-state index contributed by atoms with van der Waals surface area (Å²) in [4.78, 5) is 12.6. The Balaban J connectivity index is 1.59. The Hall–Kier alpha value is -3.35.